The number of esters is 2. The number of rotatable bonds is 5. The summed E-state index contributed by atoms with van der Waals surface area (Å²) < 4.78 is 25.3. The van der Waals surface area contributed by atoms with E-state index in [1.165, 1.54) is 6.08 Å². The maximum atomic E-state index is 13.8. The van der Waals surface area contributed by atoms with Crippen LogP contribution < -0.4 is 0 Å². The number of Topliss-reactive ketones (excluding diaryl/α,β-unsaturated/α-hetero) is 1. The van der Waals surface area contributed by atoms with Crippen molar-refractivity contribution >= 4 is 23.8 Å². The number of hydrogen-bond donors (Lipinski definition) is 1. The van der Waals surface area contributed by atoms with E-state index in [1.807, 2.05) is 58.0 Å². The summed E-state index contributed by atoms with van der Waals surface area (Å²) in [5, 5.41) is 12.9. The first-order valence-electron chi connectivity index (χ1n) is 15.9. The molecule has 0 radical (unpaired) electrons. The Bertz CT molecular complexity index is 1610. The molecule has 3 aliphatic carbocycles. The van der Waals surface area contributed by atoms with Gasteiger partial charge in [0.25, 0.3) is 0 Å². The molecule has 8 nitrogen and oxygen atoms in total. The number of carbonyl (C=O) groups excluding carboxylic acids is 3. The van der Waals surface area contributed by atoms with Crippen LogP contribution >= 0.6 is 0 Å². The quantitative estimate of drug-likeness (QED) is 0.245. The normalized spacial score (nSPS) is 35.2. The van der Waals surface area contributed by atoms with Gasteiger partial charge in [-0.2, -0.15) is 0 Å². The SMILES string of the molecule is C=C1C2[C@H](OC(=O)c3ccccc3)[C@]3(O)CC(=O)C(C)=C([C@H]4OC(C)O[C@@H]4[C@]2(C)CC[C@@H]1OC(=O)/C=C/c1ccccc1)C3(C)C. The van der Waals surface area contributed by atoms with Crippen molar-refractivity contribution < 1.29 is 38.4 Å². The molecule has 8 heteroatoms. The van der Waals surface area contributed by atoms with Gasteiger partial charge in [-0.05, 0) is 67.2 Å². The van der Waals surface area contributed by atoms with Crippen LogP contribution in [0.1, 0.15) is 69.8 Å². The number of aliphatic hydroxyl groups is 1. The third-order valence-electron chi connectivity index (χ3n) is 10.8. The Morgan fingerprint density at radius 2 is 1.65 bits per heavy atom. The van der Waals surface area contributed by atoms with Crippen LogP contribution in [0.15, 0.2) is 90.0 Å². The standard InChI is InChI=1S/C38H42O8/c1-22-27(39)21-38(42)33(46-35(41)26-15-11-8-12-16-26)31-23(2)28(45-29(40)18-17-25-13-9-7-10-14-25)19-20-37(31,6)34-32(43-24(3)44-34)30(22)36(38,4)5/h7-18,24,28,31-34,42H,2,19-21H2,1,3-6H3/b18-17+/t24?,28-,31?,32+,33-,34-,37+,38+/m0/s1. The minimum Gasteiger partial charge on any atom is -0.455 e. The molecule has 2 unspecified atom stereocenters. The molecule has 2 aromatic rings. The van der Waals surface area contributed by atoms with Gasteiger partial charge >= 0.3 is 11.9 Å². The average Bonchev–Trinajstić information content (AvgIpc) is 3.42. The lowest BCUT2D eigenvalue weighted by Gasteiger charge is -2.61. The average molecular weight is 627 g/mol. The maximum Gasteiger partial charge on any atom is 0.338 e. The molecule has 6 rings (SSSR count). The molecule has 46 heavy (non-hydrogen) atoms. The molecule has 0 spiro atoms. The number of carbonyl (C=O) groups is 3. The van der Waals surface area contributed by atoms with Crippen LogP contribution in [0.2, 0.25) is 0 Å². The van der Waals surface area contributed by atoms with Gasteiger partial charge in [-0.15, -0.1) is 0 Å². The van der Waals surface area contributed by atoms with Gasteiger partial charge in [0.2, 0.25) is 0 Å². The van der Waals surface area contributed by atoms with E-state index in [-0.39, 0.29) is 12.2 Å². The zero-order valence-corrected chi connectivity index (χ0v) is 27.0. The van der Waals surface area contributed by atoms with Crippen molar-refractivity contribution in [1.82, 2.24) is 0 Å². The Labute approximate surface area is 270 Å². The number of hydrogen-bond acceptors (Lipinski definition) is 8. The maximum absolute atomic E-state index is 13.8. The molecule has 2 bridgehead atoms. The van der Waals surface area contributed by atoms with Crippen molar-refractivity contribution in [3.63, 3.8) is 0 Å². The summed E-state index contributed by atoms with van der Waals surface area (Å²) in [5.41, 5.74) is -0.863. The summed E-state index contributed by atoms with van der Waals surface area (Å²) >= 11 is 0. The molecule has 8 atom stereocenters. The number of allylic oxidation sites excluding steroid dienone is 1. The predicted octanol–water partition coefficient (Wildman–Crippen LogP) is 6.00. The van der Waals surface area contributed by atoms with Crippen LogP contribution in [0.3, 0.4) is 0 Å². The Balaban J connectivity index is 1.46. The summed E-state index contributed by atoms with van der Waals surface area (Å²) in [6, 6.07) is 18.0. The fourth-order valence-corrected chi connectivity index (χ4v) is 8.29. The third-order valence-corrected chi connectivity index (χ3v) is 10.8. The van der Waals surface area contributed by atoms with Gasteiger partial charge in [-0.1, -0.05) is 75.9 Å². The highest BCUT2D eigenvalue weighted by molar-refractivity contribution is 5.98. The second-order valence-electron chi connectivity index (χ2n) is 13.8. The zero-order chi connectivity index (χ0) is 33.0. The summed E-state index contributed by atoms with van der Waals surface area (Å²) in [7, 11) is 0. The van der Waals surface area contributed by atoms with Crippen molar-refractivity contribution in [3.8, 4) is 0 Å². The summed E-state index contributed by atoms with van der Waals surface area (Å²) in [6.07, 6.45) is -0.00149. The first-order chi connectivity index (χ1) is 21.8. The van der Waals surface area contributed by atoms with E-state index < -0.39 is 65.0 Å². The van der Waals surface area contributed by atoms with Crippen molar-refractivity contribution in [2.24, 2.45) is 16.7 Å². The molecule has 242 valence electrons. The molecule has 1 N–H and O–H groups in total. The molecule has 0 amide bonds. The molecule has 1 saturated heterocycles. The van der Waals surface area contributed by atoms with Crippen molar-refractivity contribution in [2.75, 3.05) is 0 Å². The highest BCUT2D eigenvalue weighted by Crippen LogP contribution is 2.63. The highest BCUT2D eigenvalue weighted by atomic mass is 16.7. The van der Waals surface area contributed by atoms with Crippen molar-refractivity contribution in [3.05, 3.63) is 101 Å². The fourth-order valence-electron chi connectivity index (χ4n) is 8.29. The van der Waals surface area contributed by atoms with Gasteiger partial charge in [0.15, 0.2) is 12.1 Å². The lowest BCUT2D eigenvalue weighted by molar-refractivity contribution is -0.206. The summed E-state index contributed by atoms with van der Waals surface area (Å²) in [4.78, 5) is 40.6. The van der Waals surface area contributed by atoms with Crippen LogP contribution in [0.25, 0.3) is 6.08 Å². The number of benzene rings is 2. The minimum atomic E-state index is -1.85. The van der Waals surface area contributed by atoms with E-state index in [0.29, 0.717) is 35.1 Å². The Morgan fingerprint density at radius 1 is 1.00 bits per heavy atom. The van der Waals surface area contributed by atoms with Gasteiger partial charge in [-0.25, -0.2) is 9.59 Å². The number of ether oxygens (including phenoxy) is 4. The predicted molar refractivity (Wildman–Crippen MR) is 171 cm³/mol. The summed E-state index contributed by atoms with van der Waals surface area (Å²) in [5.74, 6) is -2.19. The first kappa shape index (κ1) is 32.1. The van der Waals surface area contributed by atoms with Crippen molar-refractivity contribution in [1.29, 1.82) is 0 Å². The Morgan fingerprint density at radius 3 is 2.33 bits per heavy atom. The molecule has 1 aliphatic heterocycles. The van der Waals surface area contributed by atoms with Gasteiger partial charge < -0.3 is 24.1 Å². The van der Waals surface area contributed by atoms with Gasteiger partial charge in [-0.3, -0.25) is 4.79 Å². The molecule has 0 aromatic heterocycles. The van der Waals surface area contributed by atoms with E-state index in [1.54, 1.807) is 43.3 Å². The largest absolute Gasteiger partial charge is 0.455 e. The lowest BCUT2D eigenvalue weighted by Crippen LogP contribution is -2.69. The fraction of sp³-hybridized carbons (Fsp3) is 0.447. The number of ketones is 1. The number of fused-ring (bicyclic) bond motifs is 6. The second kappa shape index (κ2) is 11.7. The van der Waals surface area contributed by atoms with Crippen LogP contribution in [0, 0.1) is 16.7 Å². The topological polar surface area (TPSA) is 108 Å². The Kier molecular flexibility index (Phi) is 8.20. The van der Waals surface area contributed by atoms with Crippen molar-refractivity contribution in [2.45, 2.75) is 90.2 Å². The van der Waals surface area contributed by atoms with E-state index in [2.05, 4.69) is 6.58 Å². The van der Waals surface area contributed by atoms with Crippen LogP contribution in [0.4, 0.5) is 0 Å². The summed E-state index contributed by atoms with van der Waals surface area (Å²) in [6.45, 7) is 13.8. The van der Waals surface area contributed by atoms with E-state index in [4.69, 9.17) is 18.9 Å². The van der Waals surface area contributed by atoms with Gasteiger partial charge in [0.05, 0.1) is 11.7 Å². The molecule has 3 fully saturated rings. The highest BCUT2D eigenvalue weighted by Gasteiger charge is 2.70. The van der Waals surface area contributed by atoms with E-state index >= 15 is 0 Å². The smallest absolute Gasteiger partial charge is 0.338 e. The van der Waals surface area contributed by atoms with E-state index in [9.17, 15) is 19.5 Å². The van der Waals surface area contributed by atoms with Gasteiger partial charge in [0.1, 0.15) is 23.9 Å². The van der Waals surface area contributed by atoms with Crippen LogP contribution in [-0.2, 0) is 28.5 Å². The van der Waals surface area contributed by atoms with E-state index in [0.717, 1.165) is 5.56 Å². The molecule has 4 aliphatic rings. The minimum absolute atomic E-state index is 0.251. The van der Waals surface area contributed by atoms with Crippen LogP contribution in [0.5, 0.6) is 0 Å². The molecule has 1 heterocycles. The molecule has 2 saturated carbocycles. The lowest BCUT2D eigenvalue weighted by atomic mass is 9.48. The molecule has 2 aromatic carbocycles. The van der Waals surface area contributed by atoms with Gasteiger partial charge in [0, 0.05) is 29.2 Å². The molecular weight excluding hydrogens is 584 g/mol. The third kappa shape index (κ3) is 5.17. The molecular formula is C38H42O8. The second-order valence-corrected chi connectivity index (χ2v) is 13.8. The monoisotopic (exact) mass is 626 g/mol. The first-order valence-corrected chi connectivity index (χ1v) is 15.9. The van der Waals surface area contributed by atoms with Crippen LogP contribution in [-0.4, -0.2) is 59.1 Å². The Hall–Kier alpha value is -3.85. The zero-order valence-electron chi connectivity index (χ0n) is 27.0.